The Bertz CT molecular complexity index is 782. The van der Waals surface area contributed by atoms with Gasteiger partial charge in [0.15, 0.2) is 0 Å². The summed E-state index contributed by atoms with van der Waals surface area (Å²) in [4.78, 5) is 12.7. The number of rotatable bonds is 2. The van der Waals surface area contributed by atoms with E-state index in [9.17, 15) is 9.18 Å². The van der Waals surface area contributed by atoms with Crippen LogP contribution in [0.5, 0.6) is 0 Å². The van der Waals surface area contributed by atoms with E-state index in [1.54, 1.807) is 12.1 Å². The van der Waals surface area contributed by atoms with Crippen LogP contribution in [0.4, 0.5) is 10.1 Å². The Hall–Kier alpha value is -1.72. The highest BCUT2D eigenvalue weighted by molar-refractivity contribution is 9.10. The first-order valence-electron chi connectivity index (χ1n) is 5.88. The number of carbonyl (C=O) groups is 1. The molecule has 0 saturated heterocycles. The van der Waals surface area contributed by atoms with E-state index < -0.39 is 0 Å². The quantitative estimate of drug-likeness (QED) is 0.688. The first-order chi connectivity index (χ1) is 9.61. The van der Waals surface area contributed by atoms with Gasteiger partial charge in [-0.05, 0) is 47.9 Å². The van der Waals surface area contributed by atoms with Gasteiger partial charge >= 0.3 is 0 Å². The van der Waals surface area contributed by atoms with Crippen LogP contribution in [-0.4, -0.2) is 5.91 Å². The molecule has 0 aliphatic rings. The molecule has 100 valence electrons. The van der Waals surface area contributed by atoms with E-state index in [0.717, 1.165) is 20.2 Å². The maximum absolute atomic E-state index is 13.1. The van der Waals surface area contributed by atoms with E-state index in [0.29, 0.717) is 4.88 Å². The van der Waals surface area contributed by atoms with Crippen LogP contribution in [0.15, 0.2) is 53.0 Å². The van der Waals surface area contributed by atoms with Crippen LogP contribution in [-0.2, 0) is 0 Å². The lowest BCUT2D eigenvalue weighted by atomic mass is 10.2. The van der Waals surface area contributed by atoms with E-state index in [-0.39, 0.29) is 11.7 Å². The van der Waals surface area contributed by atoms with Gasteiger partial charge in [0, 0.05) is 14.9 Å². The summed E-state index contributed by atoms with van der Waals surface area (Å²) in [6.45, 7) is 0. The fourth-order valence-corrected chi connectivity index (χ4v) is 3.09. The first kappa shape index (κ1) is 13.3. The van der Waals surface area contributed by atoms with Crippen LogP contribution in [0.25, 0.3) is 10.1 Å². The lowest BCUT2D eigenvalue weighted by Gasteiger charge is -2.02. The number of nitrogens with one attached hydrogen (secondary N) is 1. The molecule has 1 N–H and O–H groups in total. The molecule has 2 nitrogen and oxygen atoms in total. The van der Waals surface area contributed by atoms with E-state index in [1.165, 1.54) is 23.5 Å². The van der Waals surface area contributed by atoms with Crippen molar-refractivity contribution >= 4 is 48.9 Å². The van der Waals surface area contributed by atoms with Gasteiger partial charge in [0.25, 0.3) is 5.91 Å². The molecular formula is C15H9BrFNOS. The molecule has 3 rings (SSSR count). The van der Waals surface area contributed by atoms with Crippen LogP contribution in [0.2, 0.25) is 0 Å². The fourth-order valence-electron chi connectivity index (χ4n) is 1.84. The van der Waals surface area contributed by atoms with Gasteiger partial charge in [-0.25, -0.2) is 4.39 Å². The Morgan fingerprint density at radius 1 is 1.10 bits per heavy atom. The molecule has 3 aromatic rings. The van der Waals surface area contributed by atoms with Gasteiger partial charge in [-0.15, -0.1) is 11.3 Å². The summed E-state index contributed by atoms with van der Waals surface area (Å²) in [6, 6.07) is 13.6. The number of amides is 1. The number of hydrogen-bond donors (Lipinski definition) is 1. The van der Waals surface area contributed by atoms with Crippen molar-refractivity contribution in [2.24, 2.45) is 0 Å². The van der Waals surface area contributed by atoms with Gasteiger partial charge < -0.3 is 5.32 Å². The molecule has 0 saturated carbocycles. The molecule has 20 heavy (non-hydrogen) atoms. The maximum atomic E-state index is 13.1. The van der Waals surface area contributed by atoms with Gasteiger partial charge in [0.2, 0.25) is 0 Å². The van der Waals surface area contributed by atoms with E-state index in [4.69, 9.17) is 0 Å². The van der Waals surface area contributed by atoms with E-state index in [2.05, 4.69) is 21.2 Å². The Balaban J connectivity index is 1.86. The highest BCUT2D eigenvalue weighted by Gasteiger charge is 2.11. The van der Waals surface area contributed by atoms with Gasteiger partial charge in [-0.2, -0.15) is 0 Å². The van der Waals surface area contributed by atoms with E-state index in [1.807, 2.05) is 24.3 Å². The fraction of sp³-hybridized carbons (Fsp3) is 0. The molecule has 0 atom stereocenters. The molecule has 1 aromatic heterocycles. The number of halogens is 2. The standard InChI is InChI=1S/C15H9BrFNOS/c16-10-2-5-12(6-3-10)18-15(19)14-7-9-1-4-11(17)8-13(9)20-14/h1-8H,(H,18,19). The lowest BCUT2D eigenvalue weighted by molar-refractivity contribution is 0.103. The third kappa shape index (κ3) is 2.73. The second-order valence-corrected chi connectivity index (χ2v) is 6.25. The highest BCUT2D eigenvalue weighted by Crippen LogP contribution is 2.27. The molecule has 0 aliphatic heterocycles. The van der Waals surface area contributed by atoms with Crippen molar-refractivity contribution in [2.75, 3.05) is 5.32 Å². The lowest BCUT2D eigenvalue weighted by Crippen LogP contribution is -2.09. The molecule has 2 aromatic carbocycles. The van der Waals surface area contributed by atoms with Gasteiger partial charge in [0.1, 0.15) is 5.82 Å². The highest BCUT2D eigenvalue weighted by atomic mass is 79.9. The molecule has 0 radical (unpaired) electrons. The Labute approximate surface area is 127 Å². The number of anilines is 1. The minimum absolute atomic E-state index is 0.186. The largest absolute Gasteiger partial charge is 0.321 e. The number of fused-ring (bicyclic) bond motifs is 1. The maximum Gasteiger partial charge on any atom is 0.265 e. The third-order valence-corrected chi connectivity index (χ3v) is 4.43. The normalized spacial score (nSPS) is 10.7. The summed E-state index contributed by atoms with van der Waals surface area (Å²) in [5.74, 6) is -0.479. The average Bonchev–Trinajstić information content (AvgIpc) is 2.84. The summed E-state index contributed by atoms with van der Waals surface area (Å²) < 4.78 is 14.9. The van der Waals surface area contributed by atoms with Crippen LogP contribution < -0.4 is 5.32 Å². The number of benzene rings is 2. The number of thiophene rings is 1. The summed E-state index contributed by atoms with van der Waals surface area (Å²) in [6.07, 6.45) is 0. The monoisotopic (exact) mass is 349 g/mol. The molecular weight excluding hydrogens is 341 g/mol. The van der Waals surface area contributed by atoms with Crippen molar-refractivity contribution in [3.8, 4) is 0 Å². The van der Waals surface area contributed by atoms with Gasteiger partial charge in [0.05, 0.1) is 4.88 Å². The smallest absolute Gasteiger partial charge is 0.265 e. The molecule has 0 aliphatic carbocycles. The molecule has 0 fully saturated rings. The van der Waals surface area contributed by atoms with Crippen LogP contribution in [0.3, 0.4) is 0 Å². The Morgan fingerprint density at radius 3 is 2.60 bits per heavy atom. The number of hydrogen-bond acceptors (Lipinski definition) is 2. The average molecular weight is 350 g/mol. The molecule has 1 amide bonds. The Kier molecular flexibility index (Phi) is 3.54. The van der Waals surface area contributed by atoms with E-state index >= 15 is 0 Å². The van der Waals surface area contributed by atoms with Crippen molar-refractivity contribution < 1.29 is 9.18 Å². The second-order valence-electron chi connectivity index (χ2n) is 4.25. The van der Waals surface area contributed by atoms with Gasteiger partial charge in [-0.1, -0.05) is 22.0 Å². The second kappa shape index (κ2) is 5.34. The van der Waals surface area contributed by atoms with Gasteiger partial charge in [-0.3, -0.25) is 4.79 Å². The topological polar surface area (TPSA) is 29.1 Å². The summed E-state index contributed by atoms with van der Waals surface area (Å²) in [5, 5.41) is 3.69. The molecule has 0 unspecified atom stereocenters. The van der Waals surface area contributed by atoms with Crippen molar-refractivity contribution in [3.05, 3.63) is 63.7 Å². The van der Waals surface area contributed by atoms with Crippen molar-refractivity contribution in [3.63, 3.8) is 0 Å². The minimum atomic E-state index is -0.292. The minimum Gasteiger partial charge on any atom is -0.321 e. The molecule has 1 heterocycles. The van der Waals surface area contributed by atoms with Crippen molar-refractivity contribution in [1.82, 2.24) is 0 Å². The molecule has 5 heteroatoms. The van der Waals surface area contributed by atoms with Crippen molar-refractivity contribution in [2.45, 2.75) is 0 Å². The predicted molar refractivity (Wildman–Crippen MR) is 83.9 cm³/mol. The van der Waals surface area contributed by atoms with Crippen LogP contribution in [0, 0.1) is 5.82 Å². The summed E-state index contributed by atoms with van der Waals surface area (Å²) in [7, 11) is 0. The molecule has 0 bridgehead atoms. The molecule has 0 spiro atoms. The van der Waals surface area contributed by atoms with Crippen LogP contribution >= 0.6 is 27.3 Å². The summed E-state index contributed by atoms with van der Waals surface area (Å²) >= 11 is 4.62. The Morgan fingerprint density at radius 2 is 1.85 bits per heavy atom. The zero-order chi connectivity index (χ0) is 14.1. The van der Waals surface area contributed by atoms with Crippen molar-refractivity contribution in [1.29, 1.82) is 0 Å². The van der Waals surface area contributed by atoms with Crippen LogP contribution in [0.1, 0.15) is 9.67 Å². The zero-order valence-electron chi connectivity index (χ0n) is 10.2. The zero-order valence-corrected chi connectivity index (χ0v) is 12.6. The predicted octanol–water partition coefficient (Wildman–Crippen LogP) is 5.06. The number of carbonyl (C=O) groups excluding carboxylic acids is 1. The summed E-state index contributed by atoms with van der Waals surface area (Å²) in [5.41, 5.74) is 0.724. The third-order valence-electron chi connectivity index (χ3n) is 2.81. The first-order valence-corrected chi connectivity index (χ1v) is 7.49. The SMILES string of the molecule is O=C(Nc1ccc(Br)cc1)c1cc2ccc(F)cc2s1.